The summed E-state index contributed by atoms with van der Waals surface area (Å²) in [6.45, 7) is 1.60. The van der Waals surface area contributed by atoms with E-state index in [1.165, 1.54) is 12.1 Å². The van der Waals surface area contributed by atoms with E-state index in [4.69, 9.17) is 4.74 Å². The third-order valence-corrected chi connectivity index (χ3v) is 3.55. The zero-order valence-electron chi connectivity index (χ0n) is 11.5. The van der Waals surface area contributed by atoms with Crippen LogP contribution in [0.5, 0.6) is 5.75 Å². The van der Waals surface area contributed by atoms with Gasteiger partial charge in [-0.2, -0.15) is 0 Å². The van der Waals surface area contributed by atoms with E-state index in [-0.39, 0.29) is 23.8 Å². The van der Waals surface area contributed by atoms with Crippen molar-refractivity contribution in [1.29, 1.82) is 0 Å². The van der Waals surface area contributed by atoms with Crippen molar-refractivity contribution < 1.29 is 19.0 Å². The molecule has 0 aromatic heterocycles. The summed E-state index contributed by atoms with van der Waals surface area (Å²) in [6.07, 6.45) is 1.92. The normalized spacial score (nSPS) is 23.9. The van der Waals surface area contributed by atoms with Gasteiger partial charge in [-0.3, -0.25) is 4.79 Å². The average molecular weight is 281 g/mol. The molecule has 0 heterocycles. The molecule has 0 aliphatic heterocycles. The number of halogens is 1. The summed E-state index contributed by atoms with van der Waals surface area (Å²) < 4.78 is 18.8. The van der Waals surface area contributed by atoms with Gasteiger partial charge in [-0.15, -0.1) is 0 Å². The topological polar surface area (TPSA) is 58.6 Å². The van der Waals surface area contributed by atoms with E-state index >= 15 is 0 Å². The first-order valence-corrected chi connectivity index (χ1v) is 6.96. The second-order valence-electron chi connectivity index (χ2n) is 5.20. The lowest BCUT2D eigenvalue weighted by Gasteiger charge is -2.27. The van der Waals surface area contributed by atoms with E-state index in [0.717, 1.165) is 12.8 Å². The Bertz CT molecular complexity index is 458. The average Bonchev–Trinajstić information content (AvgIpc) is 2.44. The molecular formula is C15H20FNO3. The van der Waals surface area contributed by atoms with E-state index < -0.39 is 11.9 Å². The minimum Gasteiger partial charge on any atom is -0.478 e. The standard InChI is InChI=1S/C15H20FNO3/c1-10(20-14-5-3-2-4-13(14)16)15(19)17-11-6-8-12(18)9-7-11/h2-5,10-12,18H,6-9H2,1H3,(H,17,19). The summed E-state index contributed by atoms with van der Waals surface area (Å²) in [5.41, 5.74) is 0. The predicted molar refractivity (Wildman–Crippen MR) is 72.9 cm³/mol. The minimum atomic E-state index is -0.751. The fraction of sp³-hybridized carbons (Fsp3) is 0.533. The second kappa shape index (κ2) is 6.70. The number of aliphatic hydroxyl groups excluding tert-OH is 1. The number of amides is 1. The second-order valence-corrected chi connectivity index (χ2v) is 5.20. The van der Waals surface area contributed by atoms with Gasteiger partial charge in [0.05, 0.1) is 6.10 Å². The Balaban J connectivity index is 1.84. The Labute approximate surface area is 117 Å². The van der Waals surface area contributed by atoms with Crippen molar-refractivity contribution in [3.05, 3.63) is 30.1 Å². The highest BCUT2D eigenvalue weighted by Gasteiger charge is 2.24. The largest absolute Gasteiger partial charge is 0.478 e. The van der Waals surface area contributed by atoms with Crippen molar-refractivity contribution in [3.63, 3.8) is 0 Å². The molecular weight excluding hydrogens is 261 g/mol. The number of hydrogen-bond donors (Lipinski definition) is 2. The lowest BCUT2D eigenvalue weighted by Crippen LogP contribution is -2.44. The van der Waals surface area contributed by atoms with Crippen LogP contribution >= 0.6 is 0 Å². The van der Waals surface area contributed by atoms with Gasteiger partial charge in [0.25, 0.3) is 5.91 Å². The lowest BCUT2D eigenvalue weighted by molar-refractivity contribution is -0.128. The molecule has 1 aromatic rings. The van der Waals surface area contributed by atoms with Gasteiger partial charge >= 0.3 is 0 Å². The van der Waals surface area contributed by atoms with Gasteiger partial charge in [0, 0.05) is 6.04 Å². The van der Waals surface area contributed by atoms with Gasteiger partial charge in [-0.25, -0.2) is 4.39 Å². The summed E-state index contributed by atoms with van der Waals surface area (Å²) >= 11 is 0. The number of nitrogens with one attached hydrogen (secondary N) is 1. The smallest absolute Gasteiger partial charge is 0.260 e. The van der Waals surface area contributed by atoms with Crippen molar-refractivity contribution >= 4 is 5.91 Å². The summed E-state index contributed by atoms with van der Waals surface area (Å²) in [6, 6.07) is 6.09. The summed E-state index contributed by atoms with van der Waals surface area (Å²) in [5, 5.41) is 12.3. The molecule has 1 amide bonds. The van der Waals surface area contributed by atoms with Gasteiger partial charge < -0.3 is 15.2 Å². The highest BCUT2D eigenvalue weighted by atomic mass is 19.1. The Kier molecular flexibility index (Phi) is 4.95. The van der Waals surface area contributed by atoms with Crippen LogP contribution in [0.1, 0.15) is 32.6 Å². The number of para-hydroxylation sites is 1. The Hall–Kier alpha value is -1.62. The fourth-order valence-corrected chi connectivity index (χ4v) is 2.32. The molecule has 2 N–H and O–H groups in total. The van der Waals surface area contributed by atoms with Crippen molar-refractivity contribution in [3.8, 4) is 5.75 Å². The third kappa shape index (κ3) is 3.93. The summed E-state index contributed by atoms with van der Waals surface area (Å²) in [4.78, 5) is 12.0. The molecule has 1 unspecified atom stereocenters. The van der Waals surface area contributed by atoms with Gasteiger partial charge in [-0.05, 0) is 44.7 Å². The van der Waals surface area contributed by atoms with Crippen LogP contribution in [-0.4, -0.2) is 29.3 Å². The number of aliphatic hydroxyl groups is 1. The first-order valence-electron chi connectivity index (χ1n) is 6.96. The highest BCUT2D eigenvalue weighted by molar-refractivity contribution is 5.81. The predicted octanol–water partition coefficient (Wildman–Crippen LogP) is 2.01. The number of rotatable bonds is 4. The van der Waals surface area contributed by atoms with Crippen LogP contribution in [0.4, 0.5) is 4.39 Å². The first kappa shape index (κ1) is 14.8. The maximum absolute atomic E-state index is 13.4. The molecule has 1 saturated carbocycles. The van der Waals surface area contributed by atoms with Crippen molar-refractivity contribution in [1.82, 2.24) is 5.32 Å². The quantitative estimate of drug-likeness (QED) is 0.887. The molecule has 2 rings (SSSR count). The molecule has 4 nitrogen and oxygen atoms in total. The van der Waals surface area contributed by atoms with Crippen LogP contribution in [0.25, 0.3) is 0 Å². The number of benzene rings is 1. The van der Waals surface area contributed by atoms with E-state index in [0.29, 0.717) is 12.8 Å². The van der Waals surface area contributed by atoms with Crippen LogP contribution in [0.3, 0.4) is 0 Å². The Morgan fingerprint density at radius 3 is 2.65 bits per heavy atom. The molecule has 1 aliphatic rings. The van der Waals surface area contributed by atoms with Gasteiger partial charge in [-0.1, -0.05) is 12.1 Å². The lowest BCUT2D eigenvalue weighted by atomic mass is 9.93. The molecule has 1 atom stereocenters. The van der Waals surface area contributed by atoms with E-state index in [2.05, 4.69) is 5.32 Å². The SMILES string of the molecule is CC(Oc1ccccc1F)C(=O)NC1CCC(O)CC1. The van der Waals surface area contributed by atoms with Gasteiger partial charge in [0.15, 0.2) is 17.7 Å². The van der Waals surface area contributed by atoms with Gasteiger partial charge in [0.2, 0.25) is 0 Å². The van der Waals surface area contributed by atoms with Crippen LogP contribution < -0.4 is 10.1 Å². The molecule has 0 bridgehead atoms. The molecule has 0 saturated heterocycles. The van der Waals surface area contributed by atoms with Crippen molar-refractivity contribution in [2.75, 3.05) is 0 Å². The van der Waals surface area contributed by atoms with Crippen molar-refractivity contribution in [2.45, 2.75) is 50.9 Å². The number of hydrogen-bond acceptors (Lipinski definition) is 3. The molecule has 0 radical (unpaired) electrons. The Morgan fingerprint density at radius 1 is 1.35 bits per heavy atom. The van der Waals surface area contributed by atoms with E-state index in [1.807, 2.05) is 0 Å². The van der Waals surface area contributed by atoms with Crippen molar-refractivity contribution in [2.24, 2.45) is 0 Å². The molecule has 20 heavy (non-hydrogen) atoms. The van der Waals surface area contributed by atoms with Crippen LogP contribution in [0.2, 0.25) is 0 Å². The number of carbonyl (C=O) groups excluding carboxylic acids is 1. The molecule has 5 heteroatoms. The number of ether oxygens (including phenoxy) is 1. The van der Waals surface area contributed by atoms with Gasteiger partial charge in [0.1, 0.15) is 0 Å². The molecule has 1 fully saturated rings. The fourth-order valence-electron chi connectivity index (χ4n) is 2.32. The zero-order valence-corrected chi connectivity index (χ0v) is 11.5. The van der Waals surface area contributed by atoms with E-state index in [9.17, 15) is 14.3 Å². The molecule has 0 spiro atoms. The van der Waals surface area contributed by atoms with E-state index in [1.54, 1.807) is 19.1 Å². The maximum atomic E-state index is 13.4. The summed E-state index contributed by atoms with van der Waals surface area (Å²) in [5.74, 6) is -0.656. The van der Waals surface area contributed by atoms with Crippen LogP contribution in [0, 0.1) is 5.82 Å². The highest BCUT2D eigenvalue weighted by Crippen LogP contribution is 2.19. The zero-order chi connectivity index (χ0) is 14.5. The monoisotopic (exact) mass is 281 g/mol. The Morgan fingerprint density at radius 2 is 2.00 bits per heavy atom. The first-order chi connectivity index (χ1) is 9.56. The maximum Gasteiger partial charge on any atom is 0.260 e. The van der Waals surface area contributed by atoms with Crippen LogP contribution in [0.15, 0.2) is 24.3 Å². The van der Waals surface area contributed by atoms with Crippen LogP contribution in [-0.2, 0) is 4.79 Å². The minimum absolute atomic E-state index is 0.0672. The summed E-state index contributed by atoms with van der Waals surface area (Å²) in [7, 11) is 0. The molecule has 1 aliphatic carbocycles. The number of carbonyl (C=O) groups is 1. The molecule has 110 valence electrons. The third-order valence-electron chi connectivity index (χ3n) is 3.55. The molecule has 1 aromatic carbocycles.